The number of nitriles is 1. The third kappa shape index (κ3) is 5.19. The maximum absolute atomic E-state index is 10.9. The lowest BCUT2D eigenvalue weighted by Crippen LogP contribution is -2.33. The summed E-state index contributed by atoms with van der Waals surface area (Å²) in [5, 5.41) is 29.3. The lowest BCUT2D eigenvalue weighted by atomic mass is 9.89. The van der Waals surface area contributed by atoms with Gasteiger partial charge in [0.25, 0.3) is 0 Å². The van der Waals surface area contributed by atoms with Gasteiger partial charge in [0.1, 0.15) is 10.0 Å². The van der Waals surface area contributed by atoms with E-state index in [0.29, 0.717) is 18.0 Å². The second-order valence-corrected chi connectivity index (χ2v) is 10.2. The maximum Gasteiger partial charge on any atom is 0.304 e. The molecule has 0 saturated carbocycles. The highest BCUT2D eigenvalue weighted by Gasteiger charge is 2.22. The molecule has 1 N–H and O–H groups in total. The number of aromatic nitrogens is 2. The van der Waals surface area contributed by atoms with Crippen LogP contribution in [0, 0.1) is 17.2 Å². The molecule has 2 heterocycles. The molecular weight excluding hydrogens is 444 g/mol. The van der Waals surface area contributed by atoms with Gasteiger partial charge in [0.05, 0.1) is 18.1 Å². The van der Waals surface area contributed by atoms with Crippen LogP contribution in [0.15, 0.2) is 30.3 Å². The summed E-state index contributed by atoms with van der Waals surface area (Å²) in [7, 11) is 0. The fourth-order valence-electron chi connectivity index (χ4n) is 4.72. The van der Waals surface area contributed by atoms with Gasteiger partial charge in [-0.1, -0.05) is 56.4 Å². The molecule has 0 saturated heterocycles. The van der Waals surface area contributed by atoms with Crippen LogP contribution in [0.1, 0.15) is 55.0 Å². The molecule has 0 radical (unpaired) electrons. The molecular formula is C27H30N4O2S. The van der Waals surface area contributed by atoms with Crippen molar-refractivity contribution in [2.75, 3.05) is 13.1 Å². The molecule has 1 aliphatic rings. The van der Waals surface area contributed by atoms with Crippen molar-refractivity contribution in [1.82, 2.24) is 15.1 Å². The SMILES string of the molecule is CCc1c(-c2nnc(-c3ccc(CC(C)C)c(C#N)c3)s2)ccc2c1CCN(CCC(=O)O)C2. The van der Waals surface area contributed by atoms with E-state index in [1.807, 2.05) is 18.2 Å². The summed E-state index contributed by atoms with van der Waals surface area (Å²) < 4.78 is 0. The standard InChI is InChI=1S/C27H30N4O2S/c1-4-22-23-9-11-31(12-10-25(32)33)16-20(23)7-8-24(22)27-30-29-26(34-27)19-6-5-18(13-17(2)3)21(14-19)15-28/h5-8,14,17H,4,9-13,16H2,1-3H3,(H,32,33). The zero-order chi connectivity index (χ0) is 24.2. The first-order valence-electron chi connectivity index (χ1n) is 11.8. The fourth-order valence-corrected chi connectivity index (χ4v) is 5.61. The van der Waals surface area contributed by atoms with E-state index in [1.165, 1.54) is 16.7 Å². The summed E-state index contributed by atoms with van der Waals surface area (Å²) in [6.07, 6.45) is 2.88. The van der Waals surface area contributed by atoms with Crippen LogP contribution in [0.4, 0.5) is 0 Å². The van der Waals surface area contributed by atoms with E-state index in [0.717, 1.165) is 59.1 Å². The van der Waals surface area contributed by atoms with Crippen LogP contribution in [-0.4, -0.2) is 39.3 Å². The van der Waals surface area contributed by atoms with E-state index in [2.05, 4.69) is 54.1 Å². The fraction of sp³-hybridized carbons (Fsp3) is 0.407. The van der Waals surface area contributed by atoms with Crippen LogP contribution in [0.5, 0.6) is 0 Å². The highest BCUT2D eigenvalue weighted by molar-refractivity contribution is 7.17. The van der Waals surface area contributed by atoms with Gasteiger partial charge in [-0.2, -0.15) is 5.26 Å². The average Bonchev–Trinajstić information content (AvgIpc) is 3.31. The first-order valence-corrected chi connectivity index (χ1v) is 12.7. The van der Waals surface area contributed by atoms with Crippen LogP contribution in [0.25, 0.3) is 21.1 Å². The molecule has 1 aliphatic heterocycles. The maximum atomic E-state index is 10.9. The Balaban J connectivity index is 1.61. The van der Waals surface area contributed by atoms with Crippen LogP contribution >= 0.6 is 11.3 Å². The third-order valence-corrected chi connectivity index (χ3v) is 7.36. The Morgan fingerprint density at radius 1 is 1.24 bits per heavy atom. The number of fused-ring (bicyclic) bond motifs is 1. The first kappa shape index (κ1) is 24.1. The van der Waals surface area contributed by atoms with Crippen molar-refractivity contribution in [3.8, 4) is 27.2 Å². The van der Waals surface area contributed by atoms with E-state index in [1.54, 1.807) is 11.3 Å². The van der Waals surface area contributed by atoms with Crippen molar-refractivity contribution < 1.29 is 9.90 Å². The van der Waals surface area contributed by atoms with Crippen LogP contribution in [0.3, 0.4) is 0 Å². The summed E-state index contributed by atoms with van der Waals surface area (Å²) in [6, 6.07) is 12.7. The normalized spacial score (nSPS) is 13.6. The number of carboxylic acid groups (broad SMARTS) is 1. The van der Waals surface area contributed by atoms with Crippen LogP contribution in [-0.2, 0) is 30.6 Å². The minimum Gasteiger partial charge on any atom is -0.481 e. The predicted octanol–water partition coefficient (Wildman–Crippen LogP) is 5.34. The molecule has 0 aliphatic carbocycles. The number of aliphatic carboxylic acids is 1. The van der Waals surface area contributed by atoms with Gasteiger partial charge in [0, 0.05) is 30.8 Å². The molecule has 0 atom stereocenters. The van der Waals surface area contributed by atoms with E-state index in [4.69, 9.17) is 5.11 Å². The molecule has 4 rings (SSSR count). The molecule has 1 aromatic heterocycles. The van der Waals surface area contributed by atoms with Gasteiger partial charge in [-0.15, -0.1) is 10.2 Å². The minimum absolute atomic E-state index is 0.174. The van der Waals surface area contributed by atoms with Gasteiger partial charge < -0.3 is 5.11 Å². The lowest BCUT2D eigenvalue weighted by molar-refractivity contribution is -0.137. The molecule has 0 spiro atoms. The van der Waals surface area contributed by atoms with Crippen molar-refractivity contribution in [2.45, 2.75) is 53.0 Å². The van der Waals surface area contributed by atoms with E-state index >= 15 is 0 Å². The van der Waals surface area contributed by atoms with Gasteiger partial charge in [-0.05, 0) is 53.5 Å². The molecule has 6 nitrogen and oxygen atoms in total. The number of carboxylic acids is 1. The Morgan fingerprint density at radius 3 is 2.74 bits per heavy atom. The van der Waals surface area contributed by atoms with Gasteiger partial charge in [-0.25, -0.2) is 0 Å². The Morgan fingerprint density at radius 2 is 2.03 bits per heavy atom. The van der Waals surface area contributed by atoms with Gasteiger partial charge in [0.2, 0.25) is 0 Å². The summed E-state index contributed by atoms with van der Waals surface area (Å²) in [5.74, 6) is -0.259. The van der Waals surface area contributed by atoms with Crippen LogP contribution in [0.2, 0.25) is 0 Å². The number of benzene rings is 2. The monoisotopic (exact) mass is 474 g/mol. The van der Waals surface area contributed by atoms with Gasteiger partial charge >= 0.3 is 5.97 Å². The van der Waals surface area contributed by atoms with Crippen molar-refractivity contribution in [3.05, 3.63) is 58.1 Å². The predicted molar refractivity (Wildman–Crippen MR) is 135 cm³/mol. The molecule has 0 amide bonds. The molecule has 7 heteroatoms. The smallest absolute Gasteiger partial charge is 0.304 e. The Kier molecular flexibility index (Phi) is 7.40. The van der Waals surface area contributed by atoms with Crippen molar-refractivity contribution >= 4 is 17.3 Å². The Bertz CT molecular complexity index is 1240. The largest absolute Gasteiger partial charge is 0.481 e. The second-order valence-electron chi connectivity index (χ2n) is 9.25. The number of rotatable bonds is 8. The molecule has 0 unspecified atom stereocenters. The molecule has 176 valence electrons. The number of carbonyl (C=O) groups is 1. The average molecular weight is 475 g/mol. The molecule has 3 aromatic rings. The molecule has 0 fully saturated rings. The summed E-state index contributed by atoms with van der Waals surface area (Å²) >= 11 is 1.56. The molecule has 34 heavy (non-hydrogen) atoms. The zero-order valence-electron chi connectivity index (χ0n) is 20.0. The highest BCUT2D eigenvalue weighted by Crippen LogP contribution is 2.36. The highest BCUT2D eigenvalue weighted by atomic mass is 32.1. The lowest BCUT2D eigenvalue weighted by Gasteiger charge is -2.30. The van der Waals surface area contributed by atoms with Gasteiger partial charge in [-0.3, -0.25) is 9.69 Å². The third-order valence-electron chi connectivity index (χ3n) is 6.36. The number of hydrogen-bond donors (Lipinski definition) is 1. The van der Waals surface area contributed by atoms with Crippen molar-refractivity contribution in [2.24, 2.45) is 5.92 Å². The van der Waals surface area contributed by atoms with Crippen molar-refractivity contribution in [1.29, 1.82) is 5.26 Å². The number of nitrogens with zero attached hydrogens (tertiary/aromatic N) is 4. The summed E-state index contributed by atoms with van der Waals surface area (Å²) in [6.45, 7) is 8.73. The molecule has 2 aromatic carbocycles. The summed E-state index contributed by atoms with van der Waals surface area (Å²) in [5.41, 5.74) is 7.79. The second kappa shape index (κ2) is 10.5. The summed E-state index contributed by atoms with van der Waals surface area (Å²) in [4.78, 5) is 13.2. The Labute approximate surface area is 204 Å². The first-order chi connectivity index (χ1) is 16.4. The topological polar surface area (TPSA) is 90.1 Å². The minimum atomic E-state index is -0.751. The zero-order valence-corrected chi connectivity index (χ0v) is 20.8. The Hall–Kier alpha value is -3.08. The van der Waals surface area contributed by atoms with E-state index in [-0.39, 0.29) is 6.42 Å². The van der Waals surface area contributed by atoms with Crippen molar-refractivity contribution in [3.63, 3.8) is 0 Å². The quantitative estimate of drug-likeness (QED) is 0.474. The molecule has 0 bridgehead atoms. The van der Waals surface area contributed by atoms with E-state index < -0.39 is 5.97 Å². The van der Waals surface area contributed by atoms with Crippen LogP contribution < -0.4 is 0 Å². The number of hydrogen-bond acceptors (Lipinski definition) is 6. The van der Waals surface area contributed by atoms with E-state index in [9.17, 15) is 10.1 Å². The van der Waals surface area contributed by atoms with Gasteiger partial charge in [0.15, 0.2) is 0 Å².